The molecule has 1 rings (SSSR count). The van der Waals surface area contributed by atoms with Crippen LogP contribution in [0.2, 0.25) is 0 Å². The van der Waals surface area contributed by atoms with Gasteiger partial charge in [-0.25, -0.2) is 0 Å². The summed E-state index contributed by atoms with van der Waals surface area (Å²) in [5.74, 6) is 0.400. The SMILES string of the molecule is CCC(CC)(CN)C(=O)NCC(C)c1ccccc1. The second-order valence-corrected chi connectivity index (χ2v) is 5.21. The lowest BCUT2D eigenvalue weighted by Crippen LogP contribution is -2.46. The predicted molar refractivity (Wildman–Crippen MR) is 79.9 cm³/mol. The topological polar surface area (TPSA) is 55.1 Å². The fraction of sp³-hybridized carbons (Fsp3) is 0.562. The van der Waals surface area contributed by atoms with Gasteiger partial charge in [-0.05, 0) is 24.3 Å². The largest absolute Gasteiger partial charge is 0.355 e. The van der Waals surface area contributed by atoms with Crippen LogP contribution in [0.5, 0.6) is 0 Å². The molecule has 3 nitrogen and oxygen atoms in total. The van der Waals surface area contributed by atoms with Crippen LogP contribution >= 0.6 is 0 Å². The Kier molecular flexibility index (Phi) is 6.03. The molecule has 0 spiro atoms. The zero-order valence-electron chi connectivity index (χ0n) is 12.3. The average molecular weight is 262 g/mol. The van der Waals surface area contributed by atoms with Gasteiger partial charge in [-0.3, -0.25) is 4.79 Å². The maximum atomic E-state index is 12.3. The van der Waals surface area contributed by atoms with Crippen molar-refractivity contribution in [2.45, 2.75) is 39.5 Å². The summed E-state index contributed by atoms with van der Waals surface area (Å²) in [5.41, 5.74) is 6.62. The lowest BCUT2D eigenvalue weighted by Gasteiger charge is -2.29. The molecule has 0 aliphatic carbocycles. The monoisotopic (exact) mass is 262 g/mol. The summed E-state index contributed by atoms with van der Waals surface area (Å²) < 4.78 is 0. The van der Waals surface area contributed by atoms with Crippen molar-refractivity contribution in [1.82, 2.24) is 5.32 Å². The van der Waals surface area contributed by atoms with E-state index in [-0.39, 0.29) is 5.91 Å². The first-order valence-electron chi connectivity index (χ1n) is 7.13. The number of carbonyl (C=O) groups excluding carboxylic acids is 1. The van der Waals surface area contributed by atoms with Gasteiger partial charge in [0.2, 0.25) is 5.91 Å². The minimum Gasteiger partial charge on any atom is -0.355 e. The standard InChI is InChI=1S/C16H26N2O/c1-4-16(5-2,12-17)15(19)18-11-13(3)14-9-7-6-8-10-14/h6-10,13H,4-5,11-12,17H2,1-3H3,(H,18,19). The minimum atomic E-state index is -0.406. The molecule has 0 aromatic heterocycles. The van der Waals surface area contributed by atoms with E-state index in [0.29, 0.717) is 19.0 Å². The molecule has 0 saturated heterocycles. The van der Waals surface area contributed by atoms with Crippen molar-refractivity contribution >= 4 is 5.91 Å². The maximum absolute atomic E-state index is 12.3. The predicted octanol–water partition coefficient (Wildman–Crippen LogP) is 2.67. The number of benzene rings is 1. The Bertz CT molecular complexity index is 377. The van der Waals surface area contributed by atoms with Crippen molar-refractivity contribution in [3.8, 4) is 0 Å². The van der Waals surface area contributed by atoms with Crippen molar-refractivity contribution in [2.75, 3.05) is 13.1 Å². The molecule has 0 heterocycles. The Balaban J connectivity index is 2.59. The van der Waals surface area contributed by atoms with E-state index < -0.39 is 5.41 Å². The van der Waals surface area contributed by atoms with E-state index >= 15 is 0 Å². The molecule has 0 aliphatic heterocycles. The number of hydrogen-bond donors (Lipinski definition) is 2. The summed E-state index contributed by atoms with van der Waals surface area (Å²) in [6, 6.07) is 10.2. The molecule has 3 heteroatoms. The van der Waals surface area contributed by atoms with E-state index in [1.807, 2.05) is 32.0 Å². The van der Waals surface area contributed by atoms with Gasteiger partial charge < -0.3 is 11.1 Å². The number of carbonyl (C=O) groups is 1. The molecule has 1 aromatic rings. The van der Waals surface area contributed by atoms with Crippen LogP contribution in [-0.2, 0) is 4.79 Å². The van der Waals surface area contributed by atoms with Crippen molar-refractivity contribution in [2.24, 2.45) is 11.1 Å². The van der Waals surface area contributed by atoms with Crippen molar-refractivity contribution < 1.29 is 4.79 Å². The van der Waals surface area contributed by atoms with E-state index in [9.17, 15) is 4.79 Å². The number of rotatable bonds is 7. The Morgan fingerprint density at radius 2 is 1.84 bits per heavy atom. The summed E-state index contributed by atoms with van der Waals surface area (Å²) in [6.45, 7) is 7.24. The average Bonchev–Trinajstić information content (AvgIpc) is 2.48. The van der Waals surface area contributed by atoms with Gasteiger partial charge in [-0.2, -0.15) is 0 Å². The second kappa shape index (κ2) is 7.29. The third-order valence-electron chi connectivity index (χ3n) is 4.16. The van der Waals surface area contributed by atoms with Crippen LogP contribution in [0.4, 0.5) is 0 Å². The molecule has 106 valence electrons. The highest BCUT2D eigenvalue weighted by atomic mass is 16.2. The van der Waals surface area contributed by atoms with Gasteiger partial charge >= 0.3 is 0 Å². The van der Waals surface area contributed by atoms with Crippen LogP contribution in [0.3, 0.4) is 0 Å². The lowest BCUT2D eigenvalue weighted by molar-refractivity contribution is -0.131. The third-order valence-corrected chi connectivity index (χ3v) is 4.16. The maximum Gasteiger partial charge on any atom is 0.227 e. The van der Waals surface area contributed by atoms with Gasteiger partial charge in [0, 0.05) is 13.1 Å². The fourth-order valence-electron chi connectivity index (χ4n) is 2.29. The summed E-state index contributed by atoms with van der Waals surface area (Å²) in [7, 11) is 0. The van der Waals surface area contributed by atoms with Crippen LogP contribution in [0, 0.1) is 5.41 Å². The van der Waals surface area contributed by atoms with E-state index in [2.05, 4.69) is 24.4 Å². The number of nitrogens with one attached hydrogen (secondary N) is 1. The van der Waals surface area contributed by atoms with E-state index in [4.69, 9.17) is 5.73 Å². The molecule has 3 N–H and O–H groups in total. The number of amides is 1. The van der Waals surface area contributed by atoms with Crippen LogP contribution in [0.1, 0.15) is 45.1 Å². The van der Waals surface area contributed by atoms with Gasteiger partial charge in [-0.15, -0.1) is 0 Å². The molecular weight excluding hydrogens is 236 g/mol. The molecule has 0 saturated carbocycles. The third kappa shape index (κ3) is 3.80. The van der Waals surface area contributed by atoms with Crippen LogP contribution in [0.25, 0.3) is 0 Å². The highest BCUT2D eigenvalue weighted by molar-refractivity contribution is 5.82. The normalized spacial score (nSPS) is 13.1. The molecule has 0 aliphatic rings. The molecule has 1 atom stereocenters. The molecule has 1 amide bonds. The molecule has 0 radical (unpaired) electrons. The molecule has 0 fully saturated rings. The molecule has 1 aromatic carbocycles. The van der Waals surface area contributed by atoms with Gasteiger partial charge in [0.25, 0.3) is 0 Å². The van der Waals surface area contributed by atoms with Crippen molar-refractivity contribution in [3.05, 3.63) is 35.9 Å². The van der Waals surface area contributed by atoms with Gasteiger partial charge in [0.05, 0.1) is 5.41 Å². The molecular formula is C16H26N2O. The molecule has 19 heavy (non-hydrogen) atoms. The fourth-order valence-corrected chi connectivity index (χ4v) is 2.29. The number of nitrogens with two attached hydrogens (primary N) is 1. The summed E-state index contributed by atoms with van der Waals surface area (Å²) in [5, 5.41) is 3.06. The zero-order chi connectivity index (χ0) is 14.3. The first kappa shape index (κ1) is 15.7. The van der Waals surface area contributed by atoms with Gasteiger partial charge in [0.15, 0.2) is 0 Å². The van der Waals surface area contributed by atoms with Gasteiger partial charge in [-0.1, -0.05) is 51.1 Å². The first-order chi connectivity index (χ1) is 9.09. The van der Waals surface area contributed by atoms with Crippen LogP contribution < -0.4 is 11.1 Å². The molecule has 0 bridgehead atoms. The second-order valence-electron chi connectivity index (χ2n) is 5.21. The Labute approximate surface area is 116 Å². The summed E-state index contributed by atoms with van der Waals surface area (Å²) in [6.07, 6.45) is 1.57. The Morgan fingerprint density at radius 3 is 2.32 bits per heavy atom. The van der Waals surface area contributed by atoms with E-state index in [1.165, 1.54) is 5.56 Å². The Morgan fingerprint density at radius 1 is 1.26 bits per heavy atom. The Hall–Kier alpha value is -1.35. The first-order valence-corrected chi connectivity index (χ1v) is 7.13. The van der Waals surface area contributed by atoms with E-state index in [0.717, 1.165) is 12.8 Å². The van der Waals surface area contributed by atoms with Crippen molar-refractivity contribution in [1.29, 1.82) is 0 Å². The number of hydrogen-bond acceptors (Lipinski definition) is 2. The summed E-state index contributed by atoms with van der Waals surface area (Å²) >= 11 is 0. The van der Waals surface area contributed by atoms with Gasteiger partial charge in [0.1, 0.15) is 0 Å². The summed E-state index contributed by atoms with van der Waals surface area (Å²) in [4.78, 5) is 12.3. The molecule has 1 unspecified atom stereocenters. The minimum absolute atomic E-state index is 0.0859. The van der Waals surface area contributed by atoms with Crippen LogP contribution in [0.15, 0.2) is 30.3 Å². The lowest BCUT2D eigenvalue weighted by atomic mass is 9.81. The quantitative estimate of drug-likeness (QED) is 0.793. The van der Waals surface area contributed by atoms with E-state index in [1.54, 1.807) is 0 Å². The van der Waals surface area contributed by atoms with Crippen LogP contribution in [-0.4, -0.2) is 19.0 Å². The highest BCUT2D eigenvalue weighted by Crippen LogP contribution is 2.25. The highest BCUT2D eigenvalue weighted by Gasteiger charge is 2.33. The van der Waals surface area contributed by atoms with Crippen molar-refractivity contribution in [3.63, 3.8) is 0 Å². The zero-order valence-corrected chi connectivity index (χ0v) is 12.3. The smallest absolute Gasteiger partial charge is 0.227 e.